The van der Waals surface area contributed by atoms with Crippen molar-refractivity contribution in [3.8, 4) is 33.6 Å². The number of ether oxygens (including phenoxy) is 2. The molecule has 14 nitrogen and oxygen atoms in total. The summed E-state index contributed by atoms with van der Waals surface area (Å²) in [6, 6.07) is 28.4. The molecule has 0 saturated heterocycles. The first kappa shape index (κ1) is 43.6. The van der Waals surface area contributed by atoms with Crippen molar-refractivity contribution in [2.45, 2.75) is 65.7 Å². The predicted octanol–water partition coefficient (Wildman–Crippen LogP) is 8.24. The maximum atomic E-state index is 13.8. The summed E-state index contributed by atoms with van der Waals surface area (Å²) in [5.74, 6) is 0.719. The van der Waals surface area contributed by atoms with E-state index in [4.69, 9.17) is 9.47 Å². The Morgan fingerprint density at radius 3 is 1.67 bits per heavy atom. The zero-order chi connectivity index (χ0) is 43.5. The van der Waals surface area contributed by atoms with E-state index in [2.05, 4.69) is 79.1 Å². The van der Waals surface area contributed by atoms with Gasteiger partial charge in [-0.3, -0.25) is 9.59 Å². The van der Waals surface area contributed by atoms with Gasteiger partial charge in [0.15, 0.2) is 0 Å². The second-order valence-corrected chi connectivity index (χ2v) is 15.2. The number of aromatic amines is 2. The van der Waals surface area contributed by atoms with Gasteiger partial charge in [0, 0.05) is 18.7 Å². The molecule has 0 aliphatic rings. The standard InChI is InChI=1S/C47H54N8O6/c1-7-22-54(44(56)42(30(3)4)52-46(58)60-5)28-40-48-26-38(50-40)32-16-14-31(15-17-32)34-18-19-36-25-37(21-20-35(36)24-34)39-27-49-41(51-39)29-55(23-8-2)45(57)43(53-47(59)61-6)33-12-10-9-11-13-33/h9-21,24-27,30,42-43H,7-8,22-23,28-29H2,1-6H3,(H,48,50)(H,49,51)(H,52,58)(H,53,59)/t42-,43?/m0/s1. The van der Waals surface area contributed by atoms with Gasteiger partial charge in [0.05, 0.1) is 51.1 Å². The van der Waals surface area contributed by atoms with Gasteiger partial charge in [-0.2, -0.15) is 0 Å². The van der Waals surface area contributed by atoms with Gasteiger partial charge < -0.3 is 39.9 Å². The summed E-state index contributed by atoms with van der Waals surface area (Å²) in [4.78, 5) is 70.9. The van der Waals surface area contributed by atoms with E-state index in [0.717, 1.165) is 57.3 Å². The average molecular weight is 827 g/mol. The van der Waals surface area contributed by atoms with Gasteiger partial charge in [-0.25, -0.2) is 19.6 Å². The molecule has 2 aromatic heterocycles. The highest BCUT2D eigenvalue weighted by molar-refractivity contribution is 5.91. The first-order valence-corrected chi connectivity index (χ1v) is 20.6. The molecule has 6 aromatic rings. The number of amides is 4. The summed E-state index contributed by atoms with van der Waals surface area (Å²) in [6.45, 7) is 9.30. The van der Waals surface area contributed by atoms with Crippen molar-refractivity contribution in [3.05, 3.63) is 121 Å². The molecule has 0 fully saturated rings. The number of aromatic nitrogens is 4. The van der Waals surface area contributed by atoms with Crippen LogP contribution >= 0.6 is 0 Å². The molecule has 14 heteroatoms. The third-order valence-electron chi connectivity index (χ3n) is 10.4. The maximum absolute atomic E-state index is 13.8. The Kier molecular flexibility index (Phi) is 14.5. The molecule has 318 valence electrons. The van der Waals surface area contributed by atoms with Crippen molar-refractivity contribution in [1.82, 2.24) is 40.4 Å². The Hall–Kier alpha value is -6.96. The van der Waals surface area contributed by atoms with E-state index in [1.54, 1.807) is 34.3 Å². The van der Waals surface area contributed by atoms with Gasteiger partial charge >= 0.3 is 12.2 Å². The molecule has 6 rings (SSSR count). The van der Waals surface area contributed by atoms with Gasteiger partial charge in [0.25, 0.3) is 0 Å². The van der Waals surface area contributed by atoms with Crippen molar-refractivity contribution < 1.29 is 28.7 Å². The van der Waals surface area contributed by atoms with Gasteiger partial charge in [0.1, 0.15) is 23.7 Å². The van der Waals surface area contributed by atoms with Crippen LogP contribution in [-0.4, -0.2) is 87.1 Å². The fourth-order valence-corrected chi connectivity index (χ4v) is 7.24. The third kappa shape index (κ3) is 10.8. The van der Waals surface area contributed by atoms with Crippen molar-refractivity contribution >= 4 is 34.8 Å². The number of carbonyl (C=O) groups is 4. The minimum atomic E-state index is -0.905. The van der Waals surface area contributed by atoms with Crippen molar-refractivity contribution in [3.63, 3.8) is 0 Å². The number of rotatable bonds is 17. The fourth-order valence-electron chi connectivity index (χ4n) is 7.24. The number of carbonyl (C=O) groups excluding carboxylic acids is 4. The number of alkyl carbamates (subject to hydrolysis) is 2. The fraction of sp³-hybridized carbons (Fsp3) is 0.319. The van der Waals surface area contributed by atoms with Crippen LogP contribution in [0.25, 0.3) is 44.4 Å². The molecule has 1 unspecified atom stereocenters. The molecular weight excluding hydrogens is 773 g/mol. The van der Waals surface area contributed by atoms with E-state index in [-0.39, 0.29) is 30.8 Å². The van der Waals surface area contributed by atoms with Crippen LogP contribution in [0.5, 0.6) is 0 Å². The Morgan fingerprint density at radius 1 is 0.623 bits per heavy atom. The molecule has 4 N–H and O–H groups in total. The molecule has 0 bridgehead atoms. The molecule has 4 aromatic carbocycles. The summed E-state index contributed by atoms with van der Waals surface area (Å²) in [7, 11) is 2.55. The largest absolute Gasteiger partial charge is 0.453 e. The highest BCUT2D eigenvalue weighted by Gasteiger charge is 2.30. The van der Waals surface area contributed by atoms with E-state index in [0.29, 0.717) is 30.3 Å². The summed E-state index contributed by atoms with van der Waals surface area (Å²) in [5.41, 5.74) is 6.39. The van der Waals surface area contributed by atoms with Crippen LogP contribution in [0.3, 0.4) is 0 Å². The molecule has 0 saturated carbocycles. The van der Waals surface area contributed by atoms with E-state index < -0.39 is 24.3 Å². The van der Waals surface area contributed by atoms with Gasteiger partial charge in [0.2, 0.25) is 11.8 Å². The van der Waals surface area contributed by atoms with E-state index in [1.165, 1.54) is 14.2 Å². The van der Waals surface area contributed by atoms with Crippen LogP contribution in [0.15, 0.2) is 103 Å². The highest BCUT2D eigenvalue weighted by Crippen LogP contribution is 2.30. The average Bonchev–Trinajstić information content (AvgIpc) is 3.96. The van der Waals surface area contributed by atoms with Crippen molar-refractivity contribution in [1.29, 1.82) is 0 Å². The number of hydrogen-bond donors (Lipinski definition) is 4. The van der Waals surface area contributed by atoms with Crippen molar-refractivity contribution in [2.24, 2.45) is 5.92 Å². The van der Waals surface area contributed by atoms with E-state index in [9.17, 15) is 19.2 Å². The van der Waals surface area contributed by atoms with Crippen LogP contribution in [0.1, 0.15) is 63.8 Å². The second kappa shape index (κ2) is 20.3. The van der Waals surface area contributed by atoms with Crippen LogP contribution < -0.4 is 10.6 Å². The minimum Gasteiger partial charge on any atom is -0.453 e. The number of fused-ring (bicyclic) bond motifs is 1. The molecule has 4 amide bonds. The molecule has 0 spiro atoms. The highest BCUT2D eigenvalue weighted by atomic mass is 16.5. The maximum Gasteiger partial charge on any atom is 0.407 e. The number of benzene rings is 4. The summed E-state index contributed by atoms with van der Waals surface area (Å²) in [5, 5.41) is 7.52. The number of methoxy groups -OCH3 is 2. The van der Waals surface area contributed by atoms with Gasteiger partial charge in [-0.1, -0.05) is 107 Å². The van der Waals surface area contributed by atoms with Crippen LogP contribution in [-0.2, 0) is 32.2 Å². The smallest absolute Gasteiger partial charge is 0.407 e. The lowest BCUT2D eigenvalue weighted by Crippen LogP contribution is -2.51. The van der Waals surface area contributed by atoms with Crippen LogP contribution in [0, 0.1) is 5.92 Å². The molecule has 2 atom stereocenters. The van der Waals surface area contributed by atoms with Crippen LogP contribution in [0.4, 0.5) is 9.59 Å². The molecule has 61 heavy (non-hydrogen) atoms. The lowest BCUT2D eigenvalue weighted by molar-refractivity contribution is -0.135. The molecule has 0 aliphatic heterocycles. The quantitative estimate of drug-likeness (QED) is 0.0711. The first-order chi connectivity index (χ1) is 29.5. The van der Waals surface area contributed by atoms with E-state index in [1.807, 2.05) is 58.0 Å². The van der Waals surface area contributed by atoms with Crippen molar-refractivity contribution in [2.75, 3.05) is 27.3 Å². The number of nitrogens with zero attached hydrogens (tertiary/aromatic N) is 4. The number of H-pyrrole nitrogens is 2. The topological polar surface area (TPSA) is 175 Å². The molecule has 2 heterocycles. The molecule has 0 aliphatic carbocycles. The Balaban J connectivity index is 1.12. The van der Waals surface area contributed by atoms with Crippen LogP contribution in [0.2, 0.25) is 0 Å². The molecule has 0 radical (unpaired) electrons. The minimum absolute atomic E-state index is 0.124. The van der Waals surface area contributed by atoms with Gasteiger partial charge in [-0.15, -0.1) is 0 Å². The monoisotopic (exact) mass is 826 g/mol. The molecular formula is C47H54N8O6. The number of nitrogens with one attached hydrogen (secondary N) is 4. The van der Waals surface area contributed by atoms with E-state index >= 15 is 0 Å². The zero-order valence-electron chi connectivity index (χ0n) is 35.5. The van der Waals surface area contributed by atoms with Gasteiger partial charge in [-0.05, 0) is 63.9 Å². The third-order valence-corrected chi connectivity index (χ3v) is 10.4. The number of imidazole rings is 2. The Bertz CT molecular complexity index is 2430. The Morgan fingerprint density at radius 2 is 1.11 bits per heavy atom. The SMILES string of the molecule is CCCN(Cc1ncc(-c2ccc3cc(-c4ccc(-c5cnc(CN(CCC)C(=O)[C@@H](NC(=O)OC)C(C)C)[nH]5)cc4)ccc3c2)[nH]1)C(=O)C(NC(=O)OC)c1ccccc1. The predicted molar refractivity (Wildman–Crippen MR) is 235 cm³/mol. The number of hydrogen-bond acceptors (Lipinski definition) is 8. The normalized spacial score (nSPS) is 12.1. The first-order valence-electron chi connectivity index (χ1n) is 20.6. The summed E-state index contributed by atoms with van der Waals surface area (Å²) in [6.07, 6.45) is 3.71. The lowest BCUT2D eigenvalue weighted by atomic mass is 9.98. The lowest BCUT2D eigenvalue weighted by Gasteiger charge is -2.28. The Labute approximate surface area is 356 Å². The second-order valence-electron chi connectivity index (χ2n) is 15.2. The zero-order valence-corrected chi connectivity index (χ0v) is 35.5. The summed E-state index contributed by atoms with van der Waals surface area (Å²) >= 11 is 0. The summed E-state index contributed by atoms with van der Waals surface area (Å²) < 4.78 is 9.57.